The van der Waals surface area contributed by atoms with E-state index in [9.17, 15) is 4.91 Å². The van der Waals surface area contributed by atoms with Crippen molar-refractivity contribution in [3.8, 4) is 0 Å². The van der Waals surface area contributed by atoms with Gasteiger partial charge in [-0.25, -0.2) is 0 Å². The van der Waals surface area contributed by atoms with E-state index in [2.05, 4.69) is 29.6 Å². The van der Waals surface area contributed by atoms with E-state index in [-0.39, 0.29) is 12.1 Å². The molecule has 0 aliphatic carbocycles. The average molecular weight is 280 g/mol. The second-order valence-corrected chi connectivity index (χ2v) is 5.73. The van der Waals surface area contributed by atoms with E-state index in [1.54, 1.807) is 5.01 Å². The van der Waals surface area contributed by atoms with Gasteiger partial charge >= 0.3 is 0 Å². The third kappa shape index (κ3) is 3.30. The van der Waals surface area contributed by atoms with Gasteiger partial charge < -0.3 is 0 Å². The van der Waals surface area contributed by atoms with E-state index < -0.39 is 0 Å². The fourth-order valence-electron chi connectivity index (χ4n) is 3.24. The molecule has 1 aliphatic heterocycles. The number of nitroso groups, excluding NO2 is 1. The molecule has 0 aromatic heterocycles. The molecule has 1 fully saturated rings. The molecule has 2 aromatic rings. The average Bonchev–Trinajstić information content (AvgIpc) is 2.91. The summed E-state index contributed by atoms with van der Waals surface area (Å²) in [4.78, 5) is 11.3. The monoisotopic (exact) mass is 280 g/mol. The van der Waals surface area contributed by atoms with Crippen molar-refractivity contribution in [2.24, 2.45) is 5.29 Å². The predicted molar refractivity (Wildman–Crippen MR) is 84.7 cm³/mol. The molecule has 108 valence electrons. The fourth-order valence-corrected chi connectivity index (χ4v) is 3.24. The van der Waals surface area contributed by atoms with Gasteiger partial charge in [-0.3, -0.25) is 5.01 Å². The Bertz CT molecular complexity index is 521. The first-order valence-electron chi connectivity index (χ1n) is 7.56. The first kappa shape index (κ1) is 13.8. The highest BCUT2D eigenvalue weighted by Gasteiger charge is 2.33. The lowest BCUT2D eigenvalue weighted by Crippen LogP contribution is -2.33. The summed E-state index contributed by atoms with van der Waals surface area (Å²) in [5.41, 5.74) is 2.55. The zero-order valence-electron chi connectivity index (χ0n) is 12.1. The Kier molecular flexibility index (Phi) is 4.29. The summed E-state index contributed by atoms with van der Waals surface area (Å²) in [5.74, 6) is 0. The first-order valence-corrected chi connectivity index (χ1v) is 7.56. The van der Waals surface area contributed by atoms with Crippen molar-refractivity contribution in [3.63, 3.8) is 0 Å². The van der Waals surface area contributed by atoms with Crippen LogP contribution >= 0.6 is 0 Å². The largest absolute Gasteiger partial charge is 0.254 e. The number of hydrogen-bond acceptors (Lipinski definition) is 2. The molecule has 1 saturated heterocycles. The van der Waals surface area contributed by atoms with Crippen LogP contribution in [0.1, 0.15) is 24.0 Å². The first-order chi connectivity index (χ1) is 10.4. The van der Waals surface area contributed by atoms with Crippen LogP contribution in [0.2, 0.25) is 0 Å². The highest BCUT2D eigenvalue weighted by Crippen LogP contribution is 2.29. The van der Waals surface area contributed by atoms with Crippen molar-refractivity contribution >= 4 is 0 Å². The van der Waals surface area contributed by atoms with Crippen molar-refractivity contribution in [3.05, 3.63) is 76.7 Å². The van der Waals surface area contributed by atoms with Crippen molar-refractivity contribution < 1.29 is 0 Å². The minimum atomic E-state index is 0.235. The van der Waals surface area contributed by atoms with Crippen LogP contribution in [0.15, 0.2) is 65.9 Å². The van der Waals surface area contributed by atoms with E-state index in [0.29, 0.717) is 0 Å². The molecule has 2 unspecified atom stereocenters. The number of benzene rings is 2. The van der Waals surface area contributed by atoms with Crippen LogP contribution < -0.4 is 0 Å². The highest BCUT2D eigenvalue weighted by molar-refractivity contribution is 5.18. The summed E-state index contributed by atoms with van der Waals surface area (Å²) in [6.45, 7) is 0. The van der Waals surface area contributed by atoms with E-state index in [4.69, 9.17) is 0 Å². The normalized spacial score (nSPS) is 21.4. The minimum absolute atomic E-state index is 0.235. The van der Waals surface area contributed by atoms with Gasteiger partial charge in [0, 0.05) is 0 Å². The second-order valence-electron chi connectivity index (χ2n) is 5.73. The predicted octanol–water partition coefficient (Wildman–Crippen LogP) is 3.99. The van der Waals surface area contributed by atoms with E-state index >= 15 is 0 Å². The fraction of sp³-hybridized carbons (Fsp3) is 0.333. The molecule has 3 heteroatoms. The molecule has 0 spiro atoms. The molecule has 0 bridgehead atoms. The lowest BCUT2D eigenvalue weighted by atomic mass is 10.0. The van der Waals surface area contributed by atoms with Crippen LogP contribution in [0.4, 0.5) is 0 Å². The van der Waals surface area contributed by atoms with Gasteiger partial charge in [0.25, 0.3) is 0 Å². The Morgan fingerprint density at radius 2 is 1.24 bits per heavy atom. The number of rotatable bonds is 5. The standard InChI is InChI=1S/C18H20N2O/c21-19-20-17(13-15-7-3-1-4-8-15)11-12-18(20)14-16-9-5-2-6-10-16/h1-10,17-18H,11-14H2. The van der Waals surface area contributed by atoms with Crippen LogP contribution in [-0.4, -0.2) is 17.1 Å². The SMILES string of the molecule is O=NN1C(Cc2ccccc2)CCC1Cc1ccccc1. The molecule has 21 heavy (non-hydrogen) atoms. The van der Waals surface area contributed by atoms with Crippen LogP contribution in [0.25, 0.3) is 0 Å². The third-order valence-electron chi connectivity index (χ3n) is 4.30. The molecular weight excluding hydrogens is 260 g/mol. The number of hydrogen-bond donors (Lipinski definition) is 0. The molecule has 0 saturated carbocycles. The maximum Gasteiger partial charge on any atom is 0.0547 e. The van der Waals surface area contributed by atoms with E-state index in [1.165, 1.54) is 11.1 Å². The highest BCUT2D eigenvalue weighted by atomic mass is 16.3. The van der Waals surface area contributed by atoms with Gasteiger partial charge in [-0.05, 0) is 36.8 Å². The van der Waals surface area contributed by atoms with E-state index in [1.807, 2.05) is 36.4 Å². The van der Waals surface area contributed by atoms with E-state index in [0.717, 1.165) is 25.7 Å². The molecular formula is C18H20N2O. The maximum atomic E-state index is 11.3. The topological polar surface area (TPSA) is 32.7 Å². The van der Waals surface area contributed by atoms with Gasteiger partial charge in [0.1, 0.15) is 0 Å². The smallest absolute Gasteiger partial charge is 0.0547 e. The van der Waals surface area contributed by atoms with Crippen LogP contribution in [0.3, 0.4) is 0 Å². The van der Waals surface area contributed by atoms with Crippen LogP contribution in [0, 0.1) is 4.91 Å². The Morgan fingerprint density at radius 3 is 1.62 bits per heavy atom. The summed E-state index contributed by atoms with van der Waals surface area (Å²) in [5, 5.41) is 5.12. The summed E-state index contributed by atoms with van der Waals surface area (Å²) in [6, 6.07) is 21.2. The van der Waals surface area contributed by atoms with Crippen molar-refractivity contribution in [1.29, 1.82) is 0 Å². The van der Waals surface area contributed by atoms with Gasteiger partial charge in [-0.2, -0.15) is 0 Å². The molecule has 1 aliphatic rings. The second kappa shape index (κ2) is 6.53. The van der Waals surface area contributed by atoms with Gasteiger partial charge in [0.15, 0.2) is 0 Å². The van der Waals surface area contributed by atoms with Crippen LogP contribution in [0.5, 0.6) is 0 Å². The molecule has 2 aromatic carbocycles. The number of nitrogens with zero attached hydrogens (tertiary/aromatic N) is 2. The van der Waals surface area contributed by atoms with Gasteiger partial charge in [0.05, 0.1) is 17.4 Å². The van der Waals surface area contributed by atoms with Gasteiger partial charge in [-0.1, -0.05) is 60.7 Å². The molecule has 0 radical (unpaired) electrons. The lowest BCUT2D eigenvalue weighted by Gasteiger charge is -2.24. The summed E-state index contributed by atoms with van der Waals surface area (Å²) < 4.78 is 0. The third-order valence-corrected chi connectivity index (χ3v) is 4.30. The maximum absolute atomic E-state index is 11.3. The Labute approximate surface area is 125 Å². The molecule has 0 N–H and O–H groups in total. The summed E-state index contributed by atoms with van der Waals surface area (Å²) in [6.07, 6.45) is 3.88. The zero-order valence-corrected chi connectivity index (χ0v) is 12.1. The Morgan fingerprint density at radius 1 is 0.810 bits per heavy atom. The Hall–Kier alpha value is -2.16. The van der Waals surface area contributed by atoms with Crippen molar-refractivity contribution in [2.45, 2.75) is 37.8 Å². The Balaban J connectivity index is 1.67. The quantitative estimate of drug-likeness (QED) is 0.776. The zero-order chi connectivity index (χ0) is 14.5. The molecule has 3 nitrogen and oxygen atoms in total. The molecule has 0 amide bonds. The summed E-state index contributed by atoms with van der Waals surface area (Å²) >= 11 is 0. The van der Waals surface area contributed by atoms with Crippen LogP contribution in [-0.2, 0) is 12.8 Å². The van der Waals surface area contributed by atoms with Crippen molar-refractivity contribution in [2.75, 3.05) is 0 Å². The molecule has 3 rings (SSSR count). The summed E-state index contributed by atoms with van der Waals surface area (Å²) in [7, 11) is 0. The molecule has 2 atom stereocenters. The van der Waals surface area contributed by atoms with Crippen molar-refractivity contribution in [1.82, 2.24) is 5.01 Å². The lowest BCUT2D eigenvalue weighted by molar-refractivity contribution is 0.196. The van der Waals surface area contributed by atoms with Gasteiger partial charge in [0.2, 0.25) is 0 Å². The van der Waals surface area contributed by atoms with Gasteiger partial charge in [-0.15, -0.1) is 4.91 Å². The molecule has 1 heterocycles. The minimum Gasteiger partial charge on any atom is -0.254 e.